The molecular weight excluding hydrogens is 214 g/mol. The lowest BCUT2D eigenvalue weighted by Gasteiger charge is -2.08. The zero-order valence-electron chi connectivity index (χ0n) is 9.48. The average Bonchev–Trinajstić information content (AvgIpc) is 2.91. The standard InChI is InChI=1S/C13H15N3O/c14-7-9-3-6-11-12(9)13(16-15-11)8-1-4-10(17)5-2-8/h1-2,4-5,9,17H,3,6-7,14H2,(H,15,16). The van der Waals surface area contributed by atoms with E-state index in [1.54, 1.807) is 12.1 Å². The van der Waals surface area contributed by atoms with E-state index in [2.05, 4.69) is 10.2 Å². The maximum absolute atomic E-state index is 9.30. The molecule has 1 aliphatic rings. The van der Waals surface area contributed by atoms with Crippen LogP contribution in [-0.4, -0.2) is 21.8 Å². The summed E-state index contributed by atoms with van der Waals surface area (Å²) in [4.78, 5) is 0. The summed E-state index contributed by atoms with van der Waals surface area (Å²) in [6, 6.07) is 7.14. The second kappa shape index (κ2) is 3.89. The van der Waals surface area contributed by atoms with Crippen molar-refractivity contribution in [1.82, 2.24) is 10.2 Å². The predicted octanol–water partition coefficient (Wildman–Crippen LogP) is 1.77. The summed E-state index contributed by atoms with van der Waals surface area (Å²) in [5.41, 5.74) is 10.3. The van der Waals surface area contributed by atoms with Gasteiger partial charge < -0.3 is 10.8 Å². The van der Waals surface area contributed by atoms with Crippen LogP contribution >= 0.6 is 0 Å². The number of aryl methyl sites for hydroxylation is 1. The van der Waals surface area contributed by atoms with Gasteiger partial charge in [-0.15, -0.1) is 0 Å². The van der Waals surface area contributed by atoms with Crippen molar-refractivity contribution in [3.8, 4) is 17.0 Å². The van der Waals surface area contributed by atoms with Crippen molar-refractivity contribution in [2.75, 3.05) is 6.54 Å². The molecule has 0 radical (unpaired) electrons. The highest BCUT2D eigenvalue weighted by atomic mass is 16.3. The van der Waals surface area contributed by atoms with Gasteiger partial charge in [0.15, 0.2) is 0 Å². The Labute approximate surface area is 99.5 Å². The Morgan fingerprint density at radius 1 is 1.35 bits per heavy atom. The van der Waals surface area contributed by atoms with Gasteiger partial charge in [-0.1, -0.05) is 0 Å². The smallest absolute Gasteiger partial charge is 0.115 e. The zero-order valence-corrected chi connectivity index (χ0v) is 9.48. The zero-order chi connectivity index (χ0) is 11.8. The largest absolute Gasteiger partial charge is 0.508 e. The normalized spacial score (nSPS) is 18.3. The van der Waals surface area contributed by atoms with E-state index in [4.69, 9.17) is 5.73 Å². The van der Waals surface area contributed by atoms with Crippen LogP contribution in [0, 0.1) is 0 Å². The van der Waals surface area contributed by atoms with Gasteiger partial charge in [-0.2, -0.15) is 5.10 Å². The Balaban J connectivity index is 2.07. The van der Waals surface area contributed by atoms with Crippen molar-refractivity contribution in [3.05, 3.63) is 35.5 Å². The topological polar surface area (TPSA) is 74.9 Å². The van der Waals surface area contributed by atoms with Gasteiger partial charge >= 0.3 is 0 Å². The monoisotopic (exact) mass is 229 g/mol. The number of phenols is 1. The van der Waals surface area contributed by atoms with Crippen LogP contribution in [0.4, 0.5) is 0 Å². The summed E-state index contributed by atoms with van der Waals surface area (Å²) in [7, 11) is 0. The molecule has 4 nitrogen and oxygen atoms in total. The lowest BCUT2D eigenvalue weighted by Crippen LogP contribution is -2.09. The first kappa shape index (κ1) is 10.4. The molecule has 1 aromatic heterocycles. The van der Waals surface area contributed by atoms with E-state index in [0.717, 1.165) is 24.1 Å². The molecular formula is C13H15N3O. The molecule has 17 heavy (non-hydrogen) atoms. The first-order valence-electron chi connectivity index (χ1n) is 5.86. The molecule has 1 unspecified atom stereocenters. The Morgan fingerprint density at radius 3 is 2.82 bits per heavy atom. The number of nitrogens with one attached hydrogen (secondary N) is 1. The minimum Gasteiger partial charge on any atom is -0.508 e. The van der Waals surface area contributed by atoms with Crippen molar-refractivity contribution >= 4 is 0 Å². The van der Waals surface area contributed by atoms with Crippen LogP contribution in [0.3, 0.4) is 0 Å². The summed E-state index contributed by atoms with van der Waals surface area (Å²) in [6.07, 6.45) is 2.13. The fourth-order valence-electron chi connectivity index (χ4n) is 2.56. The molecule has 2 aromatic rings. The number of nitrogens with two attached hydrogens (primary N) is 1. The van der Waals surface area contributed by atoms with E-state index in [1.807, 2.05) is 12.1 Å². The molecule has 0 saturated carbocycles. The Kier molecular flexibility index (Phi) is 2.37. The number of nitrogens with zero attached hydrogens (tertiary/aromatic N) is 1. The summed E-state index contributed by atoms with van der Waals surface area (Å²) in [5, 5.41) is 16.8. The van der Waals surface area contributed by atoms with Gasteiger partial charge in [0.1, 0.15) is 5.75 Å². The second-order valence-electron chi connectivity index (χ2n) is 4.48. The van der Waals surface area contributed by atoms with Crippen LogP contribution in [0.25, 0.3) is 11.3 Å². The van der Waals surface area contributed by atoms with Crippen LogP contribution in [-0.2, 0) is 6.42 Å². The van der Waals surface area contributed by atoms with Crippen molar-refractivity contribution in [2.24, 2.45) is 5.73 Å². The van der Waals surface area contributed by atoms with Gasteiger partial charge in [0, 0.05) is 22.7 Å². The van der Waals surface area contributed by atoms with Gasteiger partial charge in [-0.25, -0.2) is 0 Å². The molecule has 1 aliphatic carbocycles. The molecule has 0 amide bonds. The van der Waals surface area contributed by atoms with Gasteiger partial charge in [0.05, 0.1) is 5.69 Å². The highest BCUT2D eigenvalue weighted by molar-refractivity contribution is 5.66. The Hall–Kier alpha value is -1.81. The van der Waals surface area contributed by atoms with E-state index in [-0.39, 0.29) is 5.75 Å². The summed E-state index contributed by atoms with van der Waals surface area (Å²) < 4.78 is 0. The number of aromatic nitrogens is 2. The quantitative estimate of drug-likeness (QED) is 0.734. The number of fused-ring (bicyclic) bond motifs is 1. The van der Waals surface area contributed by atoms with Crippen LogP contribution in [0.15, 0.2) is 24.3 Å². The molecule has 0 spiro atoms. The highest BCUT2D eigenvalue weighted by Gasteiger charge is 2.27. The van der Waals surface area contributed by atoms with E-state index < -0.39 is 0 Å². The lowest BCUT2D eigenvalue weighted by molar-refractivity contribution is 0.475. The first-order valence-corrected chi connectivity index (χ1v) is 5.86. The third-order valence-corrected chi connectivity index (χ3v) is 3.46. The number of aromatic hydroxyl groups is 1. The minimum absolute atomic E-state index is 0.274. The average molecular weight is 229 g/mol. The maximum Gasteiger partial charge on any atom is 0.115 e. The summed E-state index contributed by atoms with van der Waals surface area (Å²) >= 11 is 0. The Bertz CT molecular complexity index is 530. The number of aromatic amines is 1. The first-order chi connectivity index (χ1) is 8.29. The van der Waals surface area contributed by atoms with Crippen molar-refractivity contribution in [1.29, 1.82) is 0 Å². The molecule has 88 valence electrons. The van der Waals surface area contributed by atoms with Crippen molar-refractivity contribution in [2.45, 2.75) is 18.8 Å². The van der Waals surface area contributed by atoms with Crippen LogP contribution in [0.5, 0.6) is 5.75 Å². The molecule has 4 N–H and O–H groups in total. The van der Waals surface area contributed by atoms with Crippen LogP contribution in [0.1, 0.15) is 23.6 Å². The molecule has 4 heteroatoms. The molecule has 0 saturated heterocycles. The minimum atomic E-state index is 0.274. The van der Waals surface area contributed by atoms with Gasteiger partial charge in [0.2, 0.25) is 0 Å². The SMILES string of the molecule is NCC1CCc2[nH]nc(-c3ccc(O)cc3)c21. The summed E-state index contributed by atoms with van der Waals surface area (Å²) in [5.74, 6) is 0.684. The number of rotatable bonds is 2. The van der Waals surface area contributed by atoms with Crippen molar-refractivity contribution < 1.29 is 5.11 Å². The molecule has 0 aliphatic heterocycles. The molecule has 1 aromatic carbocycles. The third-order valence-electron chi connectivity index (χ3n) is 3.46. The van der Waals surface area contributed by atoms with E-state index in [0.29, 0.717) is 12.5 Å². The number of hydrogen-bond acceptors (Lipinski definition) is 3. The number of hydrogen-bond donors (Lipinski definition) is 3. The number of benzene rings is 1. The predicted molar refractivity (Wildman–Crippen MR) is 65.8 cm³/mol. The fourth-order valence-corrected chi connectivity index (χ4v) is 2.56. The molecule has 3 rings (SSSR count). The van der Waals surface area contributed by atoms with E-state index in [9.17, 15) is 5.11 Å². The Morgan fingerprint density at radius 2 is 2.12 bits per heavy atom. The molecule has 1 atom stereocenters. The van der Waals surface area contributed by atoms with Gasteiger partial charge in [-0.05, 0) is 43.7 Å². The van der Waals surface area contributed by atoms with Crippen molar-refractivity contribution in [3.63, 3.8) is 0 Å². The van der Waals surface area contributed by atoms with Crippen LogP contribution in [0.2, 0.25) is 0 Å². The molecule has 0 fully saturated rings. The second-order valence-corrected chi connectivity index (χ2v) is 4.48. The third kappa shape index (κ3) is 1.61. The summed E-state index contributed by atoms with van der Waals surface area (Å²) in [6.45, 7) is 0.664. The highest BCUT2D eigenvalue weighted by Crippen LogP contribution is 2.38. The van der Waals surface area contributed by atoms with Gasteiger partial charge in [0.25, 0.3) is 0 Å². The fraction of sp³-hybridized carbons (Fsp3) is 0.308. The number of H-pyrrole nitrogens is 1. The molecule has 0 bridgehead atoms. The van der Waals surface area contributed by atoms with E-state index in [1.165, 1.54) is 11.3 Å². The van der Waals surface area contributed by atoms with Crippen LogP contribution < -0.4 is 5.73 Å². The van der Waals surface area contributed by atoms with E-state index >= 15 is 0 Å². The molecule has 1 heterocycles. The number of phenolic OH excluding ortho intramolecular Hbond substituents is 1. The van der Waals surface area contributed by atoms with Gasteiger partial charge in [-0.3, -0.25) is 5.10 Å². The lowest BCUT2D eigenvalue weighted by atomic mass is 9.98. The maximum atomic E-state index is 9.30.